The Labute approximate surface area is 81.6 Å². The monoisotopic (exact) mass is 183 g/mol. The van der Waals surface area contributed by atoms with Crippen LogP contribution in [0, 0.1) is 0 Å². The third-order valence-electron chi connectivity index (χ3n) is 2.18. The van der Waals surface area contributed by atoms with Gasteiger partial charge in [-0.25, -0.2) is 0 Å². The number of azide groups is 1. The van der Waals surface area contributed by atoms with E-state index in [4.69, 9.17) is 5.53 Å². The average molecular weight is 183 g/mol. The molecule has 0 aliphatic carbocycles. The van der Waals surface area contributed by atoms with Crippen molar-refractivity contribution in [3.8, 4) is 0 Å². The first-order valence-corrected chi connectivity index (χ1v) is 4.39. The first-order chi connectivity index (χ1) is 6.92. The van der Waals surface area contributed by atoms with Crippen LogP contribution in [0.25, 0.3) is 21.2 Å². The molecule has 0 aliphatic rings. The van der Waals surface area contributed by atoms with E-state index in [9.17, 15) is 0 Å². The van der Waals surface area contributed by atoms with Crippen LogP contribution in [0.3, 0.4) is 0 Å². The standard InChI is InChI=1S/C11H9N3/c12-14-13-8-10-6-3-5-9-4-1-2-7-11(9)10/h1-7H,8H2. The van der Waals surface area contributed by atoms with E-state index in [0.29, 0.717) is 6.54 Å². The molecule has 0 atom stereocenters. The molecule has 0 aliphatic heterocycles. The molecule has 2 rings (SSSR count). The van der Waals surface area contributed by atoms with Crippen molar-refractivity contribution in [2.24, 2.45) is 5.11 Å². The van der Waals surface area contributed by atoms with Crippen LogP contribution in [0.4, 0.5) is 0 Å². The second kappa shape index (κ2) is 3.81. The summed E-state index contributed by atoms with van der Waals surface area (Å²) in [5.74, 6) is 0. The summed E-state index contributed by atoms with van der Waals surface area (Å²) >= 11 is 0. The highest BCUT2D eigenvalue weighted by Gasteiger charge is 1.97. The minimum atomic E-state index is 0.415. The Morgan fingerprint density at radius 2 is 1.86 bits per heavy atom. The topological polar surface area (TPSA) is 48.8 Å². The van der Waals surface area contributed by atoms with Crippen molar-refractivity contribution < 1.29 is 0 Å². The van der Waals surface area contributed by atoms with Crippen LogP contribution in [0.1, 0.15) is 5.56 Å². The molecule has 14 heavy (non-hydrogen) atoms. The van der Waals surface area contributed by atoms with Crippen LogP contribution in [-0.2, 0) is 6.54 Å². The molecule has 2 aromatic carbocycles. The Hall–Kier alpha value is -1.99. The lowest BCUT2D eigenvalue weighted by atomic mass is 10.1. The summed E-state index contributed by atoms with van der Waals surface area (Å²) in [6.07, 6.45) is 0. The molecule has 3 nitrogen and oxygen atoms in total. The lowest BCUT2D eigenvalue weighted by molar-refractivity contribution is 1.06. The normalized spacial score (nSPS) is 9.71. The van der Waals surface area contributed by atoms with Crippen molar-refractivity contribution in [1.29, 1.82) is 0 Å². The van der Waals surface area contributed by atoms with E-state index in [0.717, 1.165) is 10.9 Å². The van der Waals surface area contributed by atoms with E-state index in [-0.39, 0.29) is 0 Å². The maximum atomic E-state index is 8.26. The lowest BCUT2D eigenvalue weighted by Crippen LogP contribution is -1.82. The molecule has 68 valence electrons. The molecule has 0 N–H and O–H groups in total. The number of benzene rings is 2. The first-order valence-electron chi connectivity index (χ1n) is 4.39. The van der Waals surface area contributed by atoms with Crippen molar-refractivity contribution >= 4 is 10.8 Å². The molecule has 0 amide bonds. The number of fused-ring (bicyclic) bond motifs is 1. The molecule has 0 radical (unpaired) electrons. The zero-order valence-corrected chi connectivity index (χ0v) is 7.59. The minimum absolute atomic E-state index is 0.415. The summed E-state index contributed by atoms with van der Waals surface area (Å²) in [7, 11) is 0. The second-order valence-electron chi connectivity index (χ2n) is 3.03. The van der Waals surface area contributed by atoms with Gasteiger partial charge in [-0.05, 0) is 21.9 Å². The van der Waals surface area contributed by atoms with E-state index < -0.39 is 0 Å². The van der Waals surface area contributed by atoms with E-state index in [2.05, 4.69) is 22.2 Å². The number of rotatable bonds is 2. The molecule has 0 saturated heterocycles. The Bertz CT molecular complexity index is 493. The Kier molecular flexibility index (Phi) is 2.34. The fourth-order valence-electron chi connectivity index (χ4n) is 1.54. The molecule has 0 bridgehead atoms. The highest BCUT2D eigenvalue weighted by atomic mass is 15.1. The van der Waals surface area contributed by atoms with Gasteiger partial charge in [-0.3, -0.25) is 0 Å². The summed E-state index contributed by atoms with van der Waals surface area (Å²) in [6, 6.07) is 14.1. The summed E-state index contributed by atoms with van der Waals surface area (Å²) in [5, 5.41) is 5.91. The highest BCUT2D eigenvalue weighted by molar-refractivity contribution is 5.85. The molecular weight excluding hydrogens is 174 g/mol. The first kappa shape index (κ1) is 8.60. The van der Waals surface area contributed by atoms with Gasteiger partial charge >= 0.3 is 0 Å². The maximum absolute atomic E-state index is 8.26. The molecule has 0 saturated carbocycles. The van der Waals surface area contributed by atoms with Crippen LogP contribution in [-0.4, -0.2) is 0 Å². The molecule has 0 aromatic heterocycles. The predicted molar refractivity (Wildman–Crippen MR) is 56.8 cm³/mol. The molecule has 0 heterocycles. The van der Waals surface area contributed by atoms with E-state index in [1.54, 1.807) is 0 Å². The molecule has 0 unspecified atom stereocenters. The van der Waals surface area contributed by atoms with E-state index >= 15 is 0 Å². The molecular formula is C11H9N3. The lowest BCUT2D eigenvalue weighted by Gasteiger charge is -2.02. The fourth-order valence-corrected chi connectivity index (χ4v) is 1.54. The average Bonchev–Trinajstić information content (AvgIpc) is 2.26. The zero-order chi connectivity index (χ0) is 9.80. The van der Waals surface area contributed by atoms with Crippen LogP contribution in [0.5, 0.6) is 0 Å². The number of hydrogen-bond acceptors (Lipinski definition) is 1. The third-order valence-corrected chi connectivity index (χ3v) is 2.18. The van der Waals surface area contributed by atoms with Crippen LogP contribution >= 0.6 is 0 Å². The maximum Gasteiger partial charge on any atom is 0.0517 e. The van der Waals surface area contributed by atoms with Crippen LogP contribution in [0.2, 0.25) is 0 Å². The van der Waals surface area contributed by atoms with Gasteiger partial charge in [0.15, 0.2) is 0 Å². The van der Waals surface area contributed by atoms with Crippen LogP contribution < -0.4 is 0 Å². The Morgan fingerprint density at radius 3 is 2.71 bits per heavy atom. The van der Waals surface area contributed by atoms with Crippen molar-refractivity contribution in [3.63, 3.8) is 0 Å². The fraction of sp³-hybridized carbons (Fsp3) is 0.0909. The van der Waals surface area contributed by atoms with Crippen molar-refractivity contribution in [2.45, 2.75) is 6.54 Å². The summed E-state index contributed by atoms with van der Waals surface area (Å²) < 4.78 is 0. The molecule has 3 heteroatoms. The summed E-state index contributed by atoms with van der Waals surface area (Å²) in [5.41, 5.74) is 9.33. The van der Waals surface area contributed by atoms with Crippen molar-refractivity contribution in [3.05, 3.63) is 58.5 Å². The number of nitrogens with zero attached hydrogens (tertiary/aromatic N) is 3. The minimum Gasteiger partial charge on any atom is -0.0893 e. The van der Waals surface area contributed by atoms with E-state index in [1.165, 1.54) is 5.39 Å². The predicted octanol–water partition coefficient (Wildman–Crippen LogP) is 3.65. The van der Waals surface area contributed by atoms with Gasteiger partial charge in [-0.15, -0.1) is 0 Å². The van der Waals surface area contributed by atoms with Crippen molar-refractivity contribution in [2.75, 3.05) is 0 Å². The van der Waals surface area contributed by atoms with Crippen LogP contribution in [0.15, 0.2) is 47.6 Å². The highest BCUT2D eigenvalue weighted by Crippen LogP contribution is 2.18. The van der Waals surface area contributed by atoms with Gasteiger partial charge in [0, 0.05) is 4.91 Å². The quantitative estimate of drug-likeness (QED) is 0.387. The summed E-state index contributed by atoms with van der Waals surface area (Å²) in [4.78, 5) is 2.76. The van der Waals surface area contributed by atoms with Gasteiger partial charge in [-0.1, -0.05) is 47.6 Å². The van der Waals surface area contributed by atoms with Gasteiger partial charge in [0.25, 0.3) is 0 Å². The largest absolute Gasteiger partial charge is 0.0893 e. The van der Waals surface area contributed by atoms with Gasteiger partial charge in [0.1, 0.15) is 0 Å². The van der Waals surface area contributed by atoms with Gasteiger partial charge in [0.05, 0.1) is 6.54 Å². The van der Waals surface area contributed by atoms with Gasteiger partial charge < -0.3 is 0 Å². The van der Waals surface area contributed by atoms with Gasteiger partial charge in [-0.2, -0.15) is 0 Å². The SMILES string of the molecule is [N-]=[N+]=NCc1cccc2ccccc12. The van der Waals surface area contributed by atoms with Crippen molar-refractivity contribution in [1.82, 2.24) is 0 Å². The molecule has 0 fully saturated rings. The second-order valence-corrected chi connectivity index (χ2v) is 3.03. The zero-order valence-electron chi connectivity index (χ0n) is 7.59. The smallest absolute Gasteiger partial charge is 0.0517 e. The Morgan fingerprint density at radius 1 is 1.07 bits per heavy atom. The Balaban J connectivity index is 2.58. The summed E-state index contributed by atoms with van der Waals surface area (Å²) in [6.45, 7) is 0.415. The molecule has 0 spiro atoms. The third kappa shape index (κ3) is 1.53. The van der Waals surface area contributed by atoms with Gasteiger partial charge in [0.2, 0.25) is 0 Å². The molecule has 2 aromatic rings. The number of hydrogen-bond donors (Lipinski definition) is 0. The van der Waals surface area contributed by atoms with E-state index in [1.807, 2.05) is 30.3 Å².